The van der Waals surface area contributed by atoms with Crippen LogP contribution in [-0.4, -0.2) is 18.4 Å². The number of aryl methyl sites for hydroxylation is 2. The van der Waals surface area contributed by atoms with Crippen molar-refractivity contribution in [3.05, 3.63) is 69.7 Å². The first-order chi connectivity index (χ1) is 13.0. The second kappa shape index (κ2) is 9.05. The Balaban J connectivity index is 1.48. The van der Waals surface area contributed by atoms with E-state index in [-0.39, 0.29) is 30.8 Å². The lowest BCUT2D eigenvalue weighted by Crippen LogP contribution is -2.32. The van der Waals surface area contributed by atoms with E-state index in [0.717, 1.165) is 18.4 Å². The van der Waals surface area contributed by atoms with Crippen molar-refractivity contribution in [3.63, 3.8) is 0 Å². The molecule has 0 aliphatic heterocycles. The Labute approximate surface area is 165 Å². The molecule has 1 aliphatic carbocycles. The summed E-state index contributed by atoms with van der Waals surface area (Å²) in [6.45, 7) is 2.26. The molecule has 3 rings (SSSR count). The highest BCUT2D eigenvalue weighted by Crippen LogP contribution is 2.24. The van der Waals surface area contributed by atoms with Crippen molar-refractivity contribution in [1.82, 2.24) is 10.6 Å². The number of carbonyl (C=O) groups is 2. The van der Waals surface area contributed by atoms with Crippen LogP contribution < -0.4 is 10.6 Å². The van der Waals surface area contributed by atoms with Gasteiger partial charge in [0, 0.05) is 13.0 Å². The van der Waals surface area contributed by atoms with Crippen LogP contribution in [0.2, 0.25) is 5.02 Å². The largest absolute Gasteiger partial charge is 0.351 e. The molecule has 0 bridgehead atoms. The van der Waals surface area contributed by atoms with Gasteiger partial charge in [-0.3, -0.25) is 9.59 Å². The number of halogens is 1. The van der Waals surface area contributed by atoms with E-state index in [1.807, 2.05) is 6.92 Å². The zero-order chi connectivity index (χ0) is 19.2. The highest BCUT2D eigenvalue weighted by atomic mass is 35.5. The minimum absolute atomic E-state index is 0.0519. The van der Waals surface area contributed by atoms with E-state index in [1.165, 1.54) is 24.0 Å². The average molecular weight is 385 g/mol. The minimum atomic E-state index is -0.267. The summed E-state index contributed by atoms with van der Waals surface area (Å²) >= 11 is 6.01. The molecule has 0 heterocycles. The van der Waals surface area contributed by atoms with Crippen LogP contribution in [0.1, 0.15) is 59.3 Å². The fraction of sp³-hybridized carbons (Fsp3) is 0.364. The van der Waals surface area contributed by atoms with Crippen LogP contribution in [0.4, 0.5) is 0 Å². The van der Waals surface area contributed by atoms with Gasteiger partial charge in [0.2, 0.25) is 5.91 Å². The van der Waals surface area contributed by atoms with Crippen molar-refractivity contribution in [2.75, 3.05) is 6.54 Å². The molecule has 5 heteroatoms. The zero-order valence-electron chi connectivity index (χ0n) is 15.6. The SMILES string of the molecule is C[C@H](NC(=O)CCNC(=O)c1ccccc1Cl)c1ccc2c(c1)CCCC2. The van der Waals surface area contributed by atoms with Crippen LogP contribution in [0, 0.1) is 0 Å². The maximum atomic E-state index is 12.2. The quantitative estimate of drug-likeness (QED) is 0.783. The highest BCUT2D eigenvalue weighted by Gasteiger charge is 2.15. The molecule has 0 unspecified atom stereocenters. The molecule has 2 aromatic rings. The van der Waals surface area contributed by atoms with E-state index in [9.17, 15) is 9.59 Å². The standard InChI is InChI=1S/C22H25ClN2O2/c1-15(17-11-10-16-6-2-3-7-18(16)14-17)25-21(26)12-13-24-22(27)19-8-4-5-9-20(19)23/h4-5,8-11,14-15H,2-3,6-7,12-13H2,1H3,(H,24,27)(H,25,26)/t15-/m0/s1. The van der Waals surface area contributed by atoms with Crippen molar-refractivity contribution in [3.8, 4) is 0 Å². The first-order valence-corrected chi connectivity index (χ1v) is 9.86. The van der Waals surface area contributed by atoms with Gasteiger partial charge in [0.25, 0.3) is 5.91 Å². The van der Waals surface area contributed by atoms with Gasteiger partial charge in [-0.2, -0.15) is 0 Å². The lowest BCUT2D eigenvalue weighted by Gasteiger charge is -2.20. The molecule has 0 saturated carbocycles. The second-order valence-electron chi connectivity index (χ2n) is 7.01. The molecule has 4 nitrogen and oxygen atoms in total. The first-order valence-electron chi connectivity index (χ1n) is 9.48. The van der Waals surface area contributed by atoms with E-state index in [0.29, 0.717) is 10.6 Å². The van der Waals surface area contributed by atoms with Crippen molar-refractivity contribution in [2.45, 2.75) is 45.1 Å². The molecule has 2 aromatic carbocycles. The fourth-order valence-electron chi connectivity index (χ4n) is 3.45. The van der Waals surface area contributed by atoms with E-state index >= 15 is 0 Å². The van der Waals surface area contributed by atoms with Gasteiger partial charge in [-0.25, -0.2) is 0 Å². The van der Waals surface area contributed by atoms with Crippen LogP contribution in [0.5, 0.6) is 0 Å². The maximum absolute atomic E-state index is 12.2. The van der Waals surface area contributed by atoms with Gasteiger partial charge in [0.1, 0.15) is 0 Å². The van der Waals surface area contributed by atoms with E-state index in [4.69, 9.17) is 11.6 Å². The van der Waals surface area contributed by atoms with Crippen molar-refractivity contribution >= 4 is 23.4 Å². The van der Waals surface area contributed by atoms with Crippen LogP contribution in [0.25, 0.3) is 0 Å². The minimum Gasteiger partial charge on any atom is -0.351 e. The molecule has 142 valence electrons. The molecule has 0 radical (unpaired) electrons. The van der Waals surface area contributed by atoms with Crippen molar-refractivity contribution < 1.29 is 9.59 Å². The van der Waals surface area contributed by atoms with Crippen LogP contribution in [0.3, 0.4) is 0 Å². The monoisotopic (exact) mass is 384 g/mol. The Morgan fingerprint density at radius 1 is 1.07 bits per heavy atom. The lowest BCUT2D eigenvalue weighted by molar-refractivity contribution is -0.121. The number of fused-ring (bicyclic) bond motifs is 1. The van der Waals surface area contributed by atoms with Gasteiger partial charge >= 0.3 is 0 Å². The Kier molecular flexibility index (Phi) is 6.51. The van der Waals surface area contributed by atoms with Gasteiger partial charge < -0.3 is 10.6 Å². The number of rotatable bonds is 6. The number of hydrogen-bond donors (Lipinski definition) is 2. The summed E-state index contributed by atoms with van der Waals surface area (Å²) in [5.74, 6) is -0.351. The summed E-state index contributed by atoms with van der Waals surface area (Å²) in [5.41, 5.74) is 4.39. The third kappa shape index (κ3) is 5.10. The maximum Gasteiger partial charge on any atom is 0.252 e. The molecule has 0 aromatic heterocycles. The molecule has 27 heavy (non-hydrogen) atoms. The van der Waals surface area contributed by atoms with E-state index in [2.05, 4.69) is 28.8 Å². The molecule has 0 spiro atoms. The number of amides is 2. The Morgan fingerprint density at radius 2 is 1.81 bits per heavy atom. The van der Waals surface area contributed by atoms with E-state index in [1.54, 1.807) is 24.3 Å². The predicted octanol–water partition coefficient (Wildman–Crippen LogP) is 4.22. The van der Waals surface area contributed by atoms with Gasteiger partial charge in [-0.15, -0.1) is 0 Å². The van der Waals surface area contributed by atoms with Crippen LogP contribution in [0.15, 0.2) is 42.5 Å². The molecule has 0 saturated heterocycles. The van der Waals surface area contributed by atoms with Crippen LogP contribution >= 0.6 is 11.6 Å². The molecule has 0 fully saturated rings. The number of nitrogens with one attached hydrogen (secondary N) is 2. The fourth-order valence-corrected chi connectivity index (χ4v) is 3.67. The third-order valence-electron chi connectivity index (χ3n) is 5.01. The second-order valence-corrected chi connectivity index (χ2v) is 7.42. The molecule has 2 N–H and O–H groups in total. The summed E-state index contributed by atoms with van der Waals surface area (Å²) < 4.78 is 0. The lowest BCUT2D eigenvalue weighted by atomic mass is 9.89. The normalized spacial score (nSPS) is 14.1. The average Bonchev–Trinajstić information content (AvgIpc) is 2.67. The summed E-state index contributed by atoms with van der Waals surface area (Å²) in [4.78, 5) is 24.3. The molecule has 1 atom stereocenters. The Morgan fingerprint density at radius 3 is 2.59 bits per heavy atom. The smallest absolute Gasteiger partial charge is 0.252 e. The highest BCUT2D eigenvalue weighted by molar-refractivity contribution is 6.33. The summed E-state index contributed by atoms with van der Waals surface area (Å²) in [5, 5.41) is 6.16. The summed E-state index contributed by atoms with van der Waals surface area (Å²) in [6, 6.07) is 13.3. The first kappa shape index (κ1) is 19.4. The van der Waals surface area contributed by atoms with Crippen molar-refractivity contribution in [1.29, 1.82) is 0 Å². The molecular formula is C22H25ClN2O2. The third-order valence-corrected chi connectivity index (χ3v) is 5.34. The zero-order valence-corrected chi connectivity index (χ0v) is 16.3. The molecule has 2 amide bonds. The molecular weight excluding hydrogens is 360 g/mol. The van der Waals surface area contributed by atoms with E-state index < -0.39 is 0 Å². The summed E-state index contributed by atoms with van der Waals surface area (Å²) in [6.07, 6.45) is 5.01. The summed E-state index contributed by atoms with van der Waals surface area (Å²) in [7, 11) is 0. The van der Waals surface area contributed by atoms with Gasteiger partial charge in [0.05, 0.1) is 16.6 Å². The number of benzene rings is 2. The predicted molar refractivity (Wildman–Crippen MR) is 108 cm³/mol. The molecule has 1 aliphatic rings. The number of carbonyl (C=O) groups excluding carboxylic acids is 2. The van der Waals surface area contributed by atoms with Gasteiger partial charge in [0.15, 0.2) is 0 Å². The van der Waals surface area contributed by atoms with Crippen LogP contribution in [-0.2, 0) is 17.6 Å². The number of hydrogen-bond acceptors (Lipinski definition) is 2. The Bertz CT molecular complexity index is 835. The van der Waals surface area contributed by atoms with Crippen molar-refractivity contribution in [2.24, 2.45) is 0 Å². The Hall–Kier alpha value is -2.33. The van der Waals surface area contributed by atoms with Gasteiger partial charge in [-0.05, 0) is 61.4 Å². The van der Waals surface area contributed by atoms with Gasteiger partial charge in [-0.1, -0.05) is 41.9 Å². The topological polar surface area (TPSA) is 58.2 Å².